The molecular formula is C6H9O5S-. The second-order valence-electron chi connectivity index (χ2n) is 1.69. The monoisotopic (exact) mass is 193 g/mol. The summed E-state index contributed by atoms with van der Waals surface area (Å²) in [5.74, 6) is -0.516. The van der Waals surface area contributed by atoms with Gasteiger partial charge in [-0.2, -0.15) is 0 Å². The molecule has 1 unspecified atom stereocenters. The van der Waals surface area contributed by atoms with Crippen LogP contribution in [0.15, 0.2) is 12.2 Å². The lowest BCUT2D eigenvalue weighted by molar-refractivity contribution is -0.138. The highest BCUT2D eigenvalue weighted by Crippen LogP contribution is 1.84. The zero-order valence-electron chi connectivity index (χ0n) is 6.52. The van der Waals surface area contributed by atoms with E-state index in [9.17, 15) is 13.6 Å². The van der Waals surface area contributed by atoms with E-state index in [1.807, 2.05) is 0 Å². The van der Waals surface area contributed by atoms with Gasteiger partial charge in [0.25, 0.3) is 0 Å². The van der Waals surface area contributed by atoms with Crippen molar-refractivity contribution in [2.24, 2.45) is 0 Å². The van der Waals surface area contributed by atoms with Crippen LogP contribution in [0, 0.1) is 0 Å². The summed E-state index contributed by atoms with van der Waals surface area (Å²) in [6.45, 7) is 1.45. The van der Waals surface area contributed by atoms with Crippen LogP contribution < -0.4 is 0 Å². The minimum atomic E-state index is -2.54. The fraction of sp³-hybridized carbons (Fsp3) is 0.500. The Morgan fingerprint density at radius 3 is 2.75 bits per heavy atom. The number of carbonyl (C=O) groups is 1. The summed E-state index contributed by atoms with van der Waals surface area (Å²) < 4.78 is 28.2. The van der Waals surface area contributed by atoms with Gasteiger partial charge in [-0.3, -0.25) is 4.18 Å². The summed E-state index contributed by atoms with van der Waals surface area (Å²) in [4.78, 5) is 10.6. The first-order chi connectivity index (χ1) is 5.66. The van der Waals surface area contributed by atoms with E-state index in [4.69, 9.17) is 0 Å². The van der Waals surface area contributed by atoms with Crippen molar-refractivity contribution in [1.82, 2.24) is 0 Å². The smallest absolute Gasteiger partial charge is 0.330 e. The molecule has 0 aromatic rings. The lowest BCUT2D eigenvalue weighted by atomic mass is 10.5. The summed E-state index contributed by atoms with van der Waals surface area (Å²) in [6, 6.07) is 0. The Kier molecular flexibility index (Phi) is 6.54. The van der Waals surface area contributed by atoms with Crippen molar-refractivity contribution in [3.05, 3.63) is 12.2 Å². The first kappa shape index (κ1) is 11.3. The second-order valence-corrected chi connectivity index (χ2v) is 2.34. The van der Waals surface area contributed by atoms with Crippen LogP contribution >= 0.6 is 0 Å². The Morgan fingerprint density at radius 1 is 1.58 bits per heavy atom. The maximum Gasteiger partial charge on any atom is 0.330 e. The Morgan fingerprint density at radius 2 is 2.25 bits per heavy atom. The van der Waals surface area contributed by atoms with Gasteiger partial charge < -0.3 is 9.29 Å². The van der Waals surface area contributed by atoms with Crippen LogP contribution in [0.1, 0.15) is 6.92 Å². The maximum absolute atomic E-state index is 10.6. The summed E-state index contributed by atoms with van der Waals surface area (Å²) >= 11 is -2.54. The third-order valence-electron chi connectivity index (χ3n) is 0.810. The molecule has 0 aromatic heterocycles. The van der Waals surface area contributed by atoms with Crippen LogP contribution in [0.25, 0.3) is 0 Å². The molecule has 0 radical (unpaired) electrons. The molecule has 0 saturated heterocycles. The second kappa shape index (κ2) is 6.96. The van der Waals surface area contributed by atoms with Crippen molar-refractivity contribution in [3.8, 4) is 0 Å². The number of rotatable bonds is 5. The number of esters is 1. The normalized spacial score (nSPS) is 13.2. The first-order valence-electron chi connectivity index (χ1n) is 3.18. The molecule has 12 heavy (non-hydrogen) atoms. The predicted octanol–water partition coefficient (Wildman–Crippen LogP) is -0.0836. The van der Waals surface area contributed by atoms with E-state index in [-0.39, 0.29) is 13.2 Å². The van der Waals surface area contributed by atoms with Crippen LogP contribution in [-0.4, -0.2) is 27.9 Å². The fourth-order valence-electron chi connectivity index (χ4n) is 0.429. The van der Waals surface area contributed by atoms with Crippen molar-refractivity contribution < 1.29 is 22.5 Å². The Balaban J connectivity index is 3.31. The lowest BCUT2D eigenvalue weighted by Gasteiger charge is -2.04. The Hall–Kier alpha value is -0.720. The van der Waals surface area contributed by atoms with Crippen molar-refractivity contribution >= 4 is 17.3 Å². The van der Waals surface area contributed by atoms with Gasteiger partial charge in [-0.15, -0.1) is 0 Å². The number of carbonyl (C=O) groups excluding carboxylic acids is 1. The SMILES string of the molecule is C/C=C/C(=O)OCCOS(=O)[O-]. The molecule has 0 fully saturated rings. The van der Waals surface area contributed by atoms with Crippen LogP contribution in [0.5, 0.6) is 0 Å². The minimum Gasteiger partial charge on any atom is -0.750 e. The summed E-state index contributed by atoms with van der Waals surface area (Å²) in [7, 11) is 0. The van der Waals surface area contributed by atoms with E-state index in [0.29, 0.717) is 0 Å². The van der Waals surface area contributed by atoms with Crippen LogP contribution in [0.3, 0.4) is 0 Å². The van der Waals surface area contributed by atoms with Gasteiger partial charge >= 0.3 is 5.97 Å². The van der Waals surface area contributed by atoms with E-state index < -0.39 is 17.3 Å². The average Bonchev–Trinajstić information content (AvgIpc) is 1.98. The third kappa shape index (κ3) is 7.39. The van der Waals surface area contributed by atoms with Gasteiger partial charge in [0.05, 0.1) is 18.0 Å². The molecule has 0 aliphatic heterocycles. The third-order valence-corrected chi connectivity index (χ3v) is 1.17. The van der Waals surface area contributed by atoms with Gasteiger partial charge in [-0.25, -0.2) is 9.00 Å². The molecule has 5 nitrogen and oxygen atoms in total. The molecule has 0 aromatic carbocycles. The molecule has 0 bridgehead atoms. The predicted molar refractivity (Wildman–Crippen MR) is 40.6 cm³/mol. The highest BCUT2D eigenvalue weighted by Gasteiger charge is 1.94. The molecule has 0 N–H and O–H groups in total. The molecule has 0 rings (SSSR count). The van der Waals surface area contributed by atoms with Gasteiger partial charge in [0.1, 0.15) is 6.61 Å². The zero-order chi connectivity index (χ0) is 9.40. The van der Waals surface area contributed by atoms with Crippen molar-refractivity contribution in [2.45, 2.75) is 6.92 Å². The van der Waals surface area contributed by atoms with Gasteiger partial charge in [-0.05, 0) is 6.92 Å². The standard InChI is InChI=1S/C6H10O5S/c1-2-3-6(7)10-4-5-11-12(8)9/h2-3H,4-5H2,1H3,(H,8,9)/p-1/b3-2+. The number of hydrogen-bond donors (Lipinski definition) is 0. The van der Waals surface area contributed by atoms with Crippen LogP contribution in [0.4, 0.5) is 0 Å². The Labute approximate surface area is 72.8 Å². The van der Waals surface area contributed by atoms with Gasteiger partial charge in [-0.1, -0.05) is 6.08 Å². The fourth-order valence-corrected chi connectivity index (χ4v) is 0.633. The van der Waals surface area contributed by atoms with E-state index in [1.165, 1.54) is 12.2 Å². The van der Waals surface area contributed by atoms with Crippen molar-refractivity contribution in [2.75, 3.05) is 13.2 Å². The molecule has 6 heteroatoms. The van der Waals surface area contributed by atoms with Crippen LogP contribution in [-0.2, 0) is 25.1 Å². The summed E-state index contributed by atoms with van der Waals surface area (Å²) in [6.07, 6.45) is 2.75. The molecule has 70 valence electrons. The van der Waals surface area contributed by atoms with E-state index in [2.05, 4.69) is 8.92 Å². The quantitative estimate of drug-likeness (QED) is 0.264. The van der Waals surface area contributed by atoms with Gasteiger partial charge in [0, 0.05) is 6.08 Å². The first-order valence-corrected chi connectivity index (χ1v) is 4.18. The van der Waals surface area contributed by atoms with E-state index in [0.717, 1.165) is 0 Å². The summed E-state index contributed by atoms with van der Waals surface area (Å²) in [5, 5.41) is 0. The van der Waals surface area contributed by atoms with Crippen molar-refractivity contribution in [1.29, 1.82) is 0 Å². The molecule has 0 aliphatic rings. The van der Waals surface area contributed by atoms with Crippen LogP contribution in [0.2, 0.25) is 0 Å². The molecule has 0 aliphatic carbocycles. The zero-order valence-corrected chi connectivity index (χ0v) is 7.33. The number of hydrogen-bond acceptors (Lipinski definition) is 5. The number of allylic oxidation sites excluding steroid dienone is 1. The highest BCUT2D eigenvalue weighted by atomic mass is 32.2. The maximum atomic E-state index is 10.6. The molecule has 1 atom stereocenters. The van der Waals surface area contributed by atoms with Crippen molar-refractivity contribution in [3.63, 3.8) is 0 Å². The molecule has 0 spiro atoms. The minimum absolute atomic E-state index is 0.0723. The van der Waals surface area contributed by atoms with Gasteiger partial charge in [0.2, 0.25) is 0 Å². The summed E-state index contributed by atoms with van der Waals surface area (Å²) in [5.41, 5.74) is 0. The molecular weight excluding hydrogens is 184 g/mol. The average molecular weight is 193 g/mol. The molecule has 0 saturated carbocycles. The van der Waals surface area contributed by atoms with E-state index >= 15 is 0 Å². The molecule has 0 heterocycles. The highest BCUT2D eigenvalue weighted by molar-refractivity contribution is 7.74. The number of ether oxygens (including phenoxy) is 1. The van der Waals surface area contributed by atoms with Gasteiger partial charge in [0.15, 0.2) is 0 Å². The lowest BCUT2D eigenvalue weighted by Crippen LogP contribution is -2.09. The largest absolute Gasteiger partial charge is 0.750 e. The van der Waals surface area contributed by atoms with E-state index in [1.54, 1.807) is 6.92 Å². The molecule has 0 amide bonds. The topological polar surface area (TPSA) is 75.7 Å². The Bertz CT molecular complexity index is 188.